The Morgan fingerprint density at radius 3 is 2.74 bits per heavy atom. The number of imidazole rings is 1. The summed E-state index contributed by atoms with van der Waals surface area (Å²) in [4.78, 5) is 15.0. The lowest BCUT2D eigenvalue weighted by atomic mass is 10.3. The van der Waals surface area contributed by atoms with Gasteiger partial charge in [-0.25, -0.2) is 4.98 Å². The first-order valence-electron chi connectivity index (χ1n) is 6.13. The Morgan fingerprint density at radius 2 is 2.11 bits per heavy atom. The minimum absolute atomic E-state index is 0.0216. The van der Waals surface area contributed by atoms with Gasteiger partial charge >= 0.3 is 5.97 Å². The Balaban J connectivity index is 2.08. The highest BCUT2D eigenvalue weighted by atomic mass is 16.5. The normalized spacial score (nSPS) is 10.4. The maximum Gasteiger partial charge on any atom is 0.309 e. The zero-order valence-corrected chi connectivity index (χ0v) is 10.7. The van der Waals surface area contributed by atoms with Gasteiger partial charge in [-0.3, -0.25) is 4.79 Å². The van der Waals surface area contributed by atoms with Crippen LogP contribution in [0.2, 0.25) is 0 Å². The van der Waals surface area contributed by atoms with Crippen LogP contribution in [-0.2, 0) is 24.4 Å². The van der Waals surface area contributed by atoms with Crippen LogP contribution in [0.3, 0.4) is 0 Å². The van der Waals surface area contributed by atoms with Gasteiger partial charge in [0.15, 0.2) is 0 Å². The summed E-state index contributed by atoms with van der Waals surface area (Å²) in [7, 11) is 0. The molecule has 1 N–H and O–H groups in total. The SMILES string of the molecule is CCn1c(CC(=O)O)cnc1COc1ccccc1. The molecule has 1 aromatic carbocycles. The molecule has 0 atom stereocenters. The van der Waals surface area contributed by atoms with E-state index in [4.69, 9.17) is 9.84 Å². The quantitative estimate of drug-likeness (QED) is 0.864. The lowest BCUT2D eigenvalue weighted by molar-refractivity contribution is -0.136. The fourth-order valence-corrected chi connectivity index (χ4v) is 1.92. The highest BCUT2D eigenvalue weighted by Crippen LogP contribution is 2.13. The van der Waals surface area contributed by atoms with E-state index < -0.39 is 5.97 Å². The van der Waals surface area contributed by atoms with E-state index in [9.17, 15) is 4.79 Å². The van der Waals surface area contributed by atoms with E-state index in [1.54, 1.807) is 6.20 Å². The number of aliphatic carboxylic acids is 1. The maximum atomic E-state index is 10.8. The summed E-state index contributed by atoms with van der Waals surface area (Å²) in [6.45, 7) is 2.96. The number of carbonyl (C=O) groups is 1. The largest absolute Gasteiger partial charge is 0.486 e. The maximum absolute atomic E-state index is 10.8. The van der Waals surface area contributed by atoms with Gasteiger partial charge in [-0.15, -0.1) is 0 Å². The van der Waals surface area contributed by atoms with Gasteiger partial charge in [0.25, 0.3) is 0 Å². The number of carboxylic acids is 1. The summed E-state index contributed by atoms with van der Waals surface area (Å²) < 4.78 is 7.49. The van der Waals surface area contributed by atoms with Crippen LogP contribution in [0.15, 0.2) is 36.5 Å². The van der Waals surface area contributed by atoms with Crippen molar-refractivity contribution in [1.29, 1.82) is 0 Å². The molecule has 100 valence electrons. The van der Waals surface area contributed by atoms with Crippen LogP contribution < -0.4 is 4.74 Å². The molecule has 2 rings (SSSR count). The molecule has 5 nitrogen and oxygen atoms in total. The molecule has 0 aliphatic carbocycles. The second kappa shape index (κ2) is 6.04. The summed E-state index contributed by atoms with van der Waals surface area (Å²) in [6, 6.07) is 9.47. The number of carboxylic acid groups (broad SMARTS) is 1. The summed E-state index contributed by atoms with van der Waals surface area (Å²) in [5.41, 5.74) is 0.696. The van der Waals surface area contributed by atoms with Crippen molar-refractivity contribution in [3.05, 3.63) is 48.0 Å². The molecule has 0 saturated heterocycles. The third kappa shape index (κ3) is 3.34. The number of nitrogens with zero attached hydrogens (tertiary/aromatic N) is 2. The van der Waals surface area contributed by atoms with Gasteiger partial charge in [0.2, 0.25) is 0 Å². The highest BCUT2D eigenvalue weighted by Gasteiger charge is 2.11. The molecule has 19 heavy (non-hydrogen) atoms. The van der Waals surface area contributed by atoms with E-state index in [-0.39, 0.29) is 6.42 Å². The number of para-hydroxylation sites is 1. The molecule has 1 heterocycles. The Hall–Kier alpha value is -2.30. The molecule has 0 amide bonds. The molecular formula is C14H16N2O3. The number of aromatic nitrogens is 2. The van der Waals surface area contributed by atoms with E-state index in [0.717, 1.165) is 11.6 Å². The van der Waals surface area contributed by atoms with Crippen molar-refractivity contribution in [3.63, 3.8) is 0 Å². The van der Waals surface area contributed by atoms with Crippen LogP contribution >= 0.6 is 0 Å². The van der Waals surface area contributed by atoms with Crippen molar-refractivity contribution in [1.82, 2.24) is 9.55 Å². The van der Waals surface area contributed by atoms with Gasteiger partial charge in [0.05, 0.1) is 6.42 Å². The van der Waals surface area contributed by atoms with E-state index >= 15 is 0 Å². The summed E-state index contributed by atoms with van der Waals surface area (Å²) in [5, 5.41) is 8.83. The molecule has 0 radical (unpaired) electrons. The predicted octanol–water partition coefficient (Wildman–Crippen LogP) is 2.11. The third-order valence-corrected chi connectivity index (χ3v) is 2.78. The van der Waals surface area contributed by atoms with Crippen LogP contribution in [0, 0.1) is 0 Å². The fourth-order valence-electron chi connectivity index (χ4n) is 1.92. The van der Waals surface area contributed by atoms with Crippen molar-refractivity contribution in [2.75, 3.05) is 0 Å². The van der Waals surface area contributed by atoms with Crippen LogP contribution in [-0.4, -0.2) is 20.6 Å². The summed E-state index contributed by atoms with van der Waals surface area (Å²) in [5.74, 6) is 0.653. The zero-order valence-electron chi connectivity index (χ0n) is 10.7. The van der Waals surface area contributed by atoms with E-state index in [1.165, 1.54) is 0 Å². The van der Waals surface area contributed by atoms with Gasteiger partial charge in [0.1, 0.15) is 18.2 Å². The van der Waals surface area contributed by atoms with Crippen molar-refractivity contribution in [2.24, 2.45) is 0 Å². The molecule has 0 fully saturated rings. The topological polar surface area (TPSA) is 64.4 Å². The van der Waals surface area contributed by atoms with Gasteiger partial charge in [0, 0.05) is 18.4 Å². The average molecular weight is 260 g/mol. The average Bonchev–Trinajstić information content (AvgIpc) is 2.78. The van der Waals surface area contributed by atoms with Gasteiger partial charge < -0.3 is 14.4 Å². The van der Waals surface area contributed by atoms with Gasteiger partial charge in [-0.1, -0.05) is 18.2 Å². The number of hydrogen-bond donors (Lipinski definition) is 1. The minimum Gasteiger partial charge on any atom is -0.486 e. The number of ether oxygens (including phenoxy) is 1. The van der Waals surface area contributed by atoms with Crippen molar-refractivity contribution >= 4 is 5.97 Å². The molecule has 2 aromatic rings. The van der Waals surface area contributed by atoms with Crippen molar-refractivity contribution in [3.8, 4) is 5.75 Å². The second-order valence-corrected chi connectivity index (χ2v) is 4.08. The first kappa shape index (κ1) is 13.1. The number of hydrogen-bond acceptors (Lipinski definition) is 3. The van der Waals surface area contributed by atoms with E-state index in [2.05, 4.69) is 4.98 Å². The van der Waals surface area contributed by atoms with E-state index in [0.29, 0.717) is 18.8 Å². The lowest BCUT2D eigenvalue weighted by Gasteiger charge is -2.09. The minimum atomic E-state index is -0.856. The van der Waals surface area contributed by atoms with E-state index in [1.807, 2.05) is 41.8 Å². The van der Waals surface area contributed by atoms with Gasteiger partial charge in [-0.05, 0) is 19.1 Å². The zero-order chi connectivity index (χ0) is 13.7. The molecule has 0 spiro atoms. The highest BCUT2D eigenvalue weighted by molar-refractivity contribution is 5.69. The smallest absolute Gasteiger partial charge is 0.309 e. The summed E-state index contributed by atoms with van der Waals surface area (Å²) in [6.07, 6.45) is 1.58. The summed E-state index contributed by atoms with van der Waals surface area (Å²) >= 11 is 0. The van der Waals surface area contributed by atoms with Crippen molar-refractivity contribution < 1.29 is 14.6 Å². The molecule has 0 aliphatic rings. The molecular weight excluding hydrogens is 244 g/mol. The van der Waals surface area contributed by atoms with Gasteiger partial charge in [-0.2, -0.15) is 0 Å². The second-order valence-electron chi connectivity index (χ2n) is 4.08. The molecule has 0 saturated carbocycles. The first-order chi connectivity index (χ1) is 9.20. The third-order valence-electron chi connectivity index (χ3n) is 2.78. The van der Waals surface area contributed by atoms with Crippen LogP contribution in [0.25, 0.3) is 0 Å². The molecule has 0 unspecified atom stereocenters. The van der Waals surface area contributed by atoms with Crippen LogP contribution in [0.5, 0.6) is 5.75 Å². The monoisotopic (exact) mass is 260 g/mol. The predicted molar refractivity (Wildman–Crippen MR) is 70.0 cm³/mol. The fraction of sp³-hybridized carbons (Fsp3) is 0.286. The molecule has 5 heteroatoms. The standard InChI is InChI=1S/C14H16N2O3/c1-2-16-11(8-14(17)18)9-15-13(16)10-19-12-6-4-3-5-7-12/h3-7,9H,2,8,10H2,1H3,(H,17,18). The Morgan fingerprint density at radius 1 is 1.37 bits per heavy atom. The molecule has 0 bridgehead atoms. The molecule has 1 aromatic heterocycles. The molecule has 0 aliphatic heterocycles. The Labute approximate surface area is 111 Å². The Kier molecular flexibility index (Phi) is 4.18. The Bertz CT molecular complexity index is 549. The van der Waals surface area contributed by atoms with Crippen LogP contribution in [0.1, 0.15) is 18.4 Å². The lowest BCUT2D eigenvalue weighted by Crippen LogP contribution is -2.11. The number of rotatable bonds is 6. The number of benzene rings is 1. The van der Waals surface area contributed by atoms with Crippen molar-refractivity contribution in [2.45, 2.75) is 26.5 Å². The van der Waals surface area contributed by atoms with Crippen LogP contribution in [0.4, 0.5) is 0 Å². The first-order valence-corrected chi connectivity index (χ1v) is 6.13.